The van der Waals surface area contributed by atoms with Gasteiger partial charge >= 0.3 is 0 Å². The molecule has 0 unspecified atom stereocenters. The number of nitrogens with one attached hydrogen (secondary N) is 1. The minimum absolute atomic E-state index is 0.105. The lowest BCUT2D eigenvalue weighted by Crippen LogP contribution is -2.22. The maximum atomic E-state index is 10.9. The Labute approximate surface area is 101 Å². The predicted molar refractivity (Wildman–Crippen MR) is 66.6 cm³/mol. The summed E-state index contributed by atoms with van der Waals surface area (Å²) in [6.07, 6.45) is 0. The monoisotopic (exact) mass is 253 g/mol. The number of nitrogens with two attached hydrogens (primary N) is 1. The van der Waals surface area contributed by atoms with E-state index in [4.69, 9.17) is 10.4 Å². The van der Waals surface area contributed by atoms with E-state index in [1.54, 1.807) is 18.2 Å². The summed E-state index contributed by atoms with van der Waals surface area (Å²) in [4.78, 5) is 0. The van der Waals surface area contributed by atoms with Crippen LogP contribution in [0.25, 0.3) is 0 Å². The summed E-state index contributed by atoms with van der Waals surface area (Å²) in [5, 5.41) is 13.8. The number of hydrogen-bond acceptors (Lipinski definition) is 3. The van der Waals surface area contributed by atoms with Gasteiger partial charge in [-0.1, -0.05) is 26.8 Å². The molecule has 92 valence electrons. The van der Waals surface area contributed by atoms with Crippen LogP contribution in [0.5, 0.6) is 0 Å². The zero-order chi connectivity index (χ0) is 13.3. The smallest absolute Gasteiger partial charge is 0.270 e. The Morgan fingerprint density at radius 3 is 2.35 bits per heavy atom. The van der Waals surface area contributed by atoms with Gasteiger partial charge in [-0.2, -0.15) is 13.7 Å². The molecule has 0 atom stereocenters. The summed E-state index contributed by atoms with van der Waals surface area (Å²) < 4.78 is 23.9. The third kappa shape index (κ3) is 3.73. The summed E-state index contributed by atoms with van der Waals surface area (Å²) in [6, 6.07) is 6.93. The number of anilines is 1. The molecule has 0 fully saturated rings. The molecule has 1 aromatic rings. The summed E-state index contributed by atoms with van der Waals surface area (Å²) in [5.41, 5.74) is 1.30. The third-order valence-electron chi connectivity index (χ3n) is 2.26. The van der Waals surface area contributed by atoms with E-state index in [1.165, 1.54) is 0 Å². The number of nitriles is 1. The Morgan fingerprint density at radius 2 is 1.94 bits per heavy atom. The van der Waals surface area contributed by atoms with E-state index in [9.17, 15) is 8.42 Å². The zero-order valence-electron chi connectivity index (χ0n) is 9.98. The fraction of sp³-hybridized carbons (Fsp3) is 0.364. The van der Waals surface area contributed by atoms with Crippen molar-refractivity contribution in [3.05, 3.63) is 29.3 Å². The van der Waals surface area contributed by atoms with Gasteiger partial charge in [0.2, 0.25) is 0 Å². The first-order valence-electron chi connectivity index (χ1n) is 4.98. The second-order valence-corrected chi connectivity index (χ2v) is 6.06. The third-order valence-corrected chi connectivity index (χ3v) is 2.76. The maximum absolute atomic E-state index is 10.9. The Morgan fingerprint density at radius 1 is 1.35 bits per heavy atom. The van der Waals surface area contributed by atoms with Gasteiger partial charge in [-0.3, -0.25) is 4.72 Å². The molecule has 0 saturated carbocycles. The van der Waals surface area contributed by atoms with Gasteiger partial charge < -0.3 is 0 Å². The number of hydrogen-bond donors (Lipinski definition) is 2. The van der Waals surface area contributed by atoms with E-state index in [-0.39, 0.29) is 16.7 Å². The highest BCUT2D eigenvalue weighted by molar-refractivity contribution is 7.90. The molecule has 0 spiro atoms. The lowest BCUT2D eigenvalue weighted by atomic mass is 9.86. The summed E-state index contributed by atoms with van der Waals surface area (Å²) in [5.74, 6) is 0. The lowest BCUT2D eigenvalue weighted by Gasteiger charge is -2.20. The molecule has 17 heavy (non-hydrogen) atoms. The van der Waals surface area contributed by atoms with Crippen LogP contribution in [0.1, 0.15) is 31.9 Å². The molecule has 0 heterocycles. The van der Waals surface area contributed by atoms with Crippen molar-refractivity contribution in [3.8, 4) is 6.07 Å². The summed E-state index contributed by atoms with van der Waals surface area (Å²) in [7, 11) is -3.86. The molecule has 5 nitrogen and oxygen atoms in total. The molecular weight excluding hydrogens is 238 g/mol. The number of benzene rings is 1. The van der Waals surface area contributed by atoms with Crippen LogP contribution in [0.4, 0.5) is 5.69 Å². The molecule has 0 aromatic heterocycles. The van der Waals surface area contributed by atoms with Crippen LogP contribution < -0.4 is 9.86 Å². The average molecular weight is 253 g/mol. The molecule has 0 amide bonds. The molecule has 6 heteroatoms. The average Bonchev–Trinajstić information content (AvgIpc) is 2.14. The van der Waals surface area contributed by atoms with Crippen molar-refractivity contribution in [2.24, 2.45) is 5.14 Å². The fourth-order valence-electron chi connectivity index (χ4n) is 1.35. The molecule has 0 bridgehead atoms. The van der Waals surface area contributed by atoms with E-state index >= 15 is 0 Å². The Kier molecular flexibility index (Phi) is 3.45. The van der Waals surface area contributed by atoms with Gasteiger partial charge in [-0.25, -0.2) is 5.14 Å². The normalized spacial score (nSPS) is 11.9. The topological polar surface area (TPSA) is 96.0 Å². The van der Waals surface area contributed by atoms with Crippen LogP contribution in [0, 0.1) is 11.3 Å². The number of rotatable bonds is 2. The van der Waals surface area contributed by atoms with Gasteiger partial charge in [0, 0.05) is 0 Å². The molecule has 1 rings (SSSR count). The van der Waals surface area contributed by atoms with Crippen molar-refractivity contribution in [2.75, 3.05) is 4.72 Å². The molecule has 0 aliphatic rings. The summed E-state index contributed by atoms with van der Waals surface area (Å²) >= 11 is 0. The van der Waals surface area contributed by atoms with Gasteiger partial charge in [0.25, 0.3) is 10.2 Å². The van der Waals surface area contributed by atoms with Gasteiger partial charge in [0.05, 0.1) is 11.3 Å². The van der Waals surface area contributed by atoms with Crippen molar-refractivity contribution >= 4 is 15.9 Å². The first-order chi connectivity index (χ1) is 7.63. The van der Waals surface area contributed by atoms with E-state index in [0.717, 1.165) is 5.56 Å². The van der Waals surface area contributed by atoms with Gasteiger partial charge in [-0.05, 0) is 23.1 Å². The summed E-state index contributed by atoms with van der Waals surface area (Å²) in [6.45, 7) is 6.03. The number of nitrogens with zero attached hydrogens (tertiary/aromatic N) is 1. The maximum Gasteiger partial charge on any atom is 0.296 e. The SMILES string of the molecule is CC(C)(C)c1ccc(NS(N)(=O)=O)c(C#N)c1. The minimum Gasteiger partial charge on any atom is -0.270 e. The molecule has 3 N–H and O–H groups in total. The van der Waals surface area contributed by atoms with E-state index < -0.39 is 10.2 Å². The Hall–Kier alpha value is -1.58. The van der Waals surface area contributed by atoms with Crippen LogP contribution in [-0.4, -0.2) is 8.42 Å². The highest BCUT2D eigenvalue weighted by Gasteiger charge is 2.16. The highest BCUT2D eigenvalue weighted by atomic mass is 32.2. The van der Waals surface area contributed by atoms with Gasteiger partial charge in [0.1, 0.15) is 6.07 Å². The van der Waals surface area contributed by atoms with Crippen molar-refractivity contribution < 1.29 is 8.42 Å². The van der Waals surface area contributed by atoms with E-state index in [1.807, 2.05) is 26.8 Å². The van der Waals surface area contributed by atoms with E-state index in [0.29, 0.717) is 0 Å². The van der Waals surface area contributed by atoms with Crippen molar-refractivity contribution in [1.29, 1.82) is 5.26 Å². The standard InChI is InChI=1S/C11H15N3O2S/c1-11(2,3)9-4-5-10(8(6-9)7-12)14-17(13,15)16/h4-6,14H,1-3H3,(H2,13,15,16). The minimum atomic E-state index is -3.86. The second-order valence-electron chi connectivity index (χ2n) is 4.77. The van der Waals surface area contributed by atoms with Gasteiger partial charge in [-0.15, -0.1) is 0 Å². The second kappa shape index (κ2) is 4.35. The molecule has 1 aromatic carbocycles. The Balaban J connectivity index is 3.26. The zero-order valence-corrected chi connectivity index (χ0v) is 10.8. The van der Waals surface area contributed by atoms with Crippen molar-refractivity contribution in [1.82, 2.24) is 0 Å². The fourth-order valence-corrected chi connectivity index (χ4v) is 1.83. The van der Waals surface area contributed by atoms with Crippen LogP contribution in [-0.2, 0) is 15.6 Å². The molecule has 0 saturated heterocycles. The molecule has 0 aliphatic heterocycles. The Bertz CT molecular complexity index is 565. The largest absolute Gasteiger partial charge is 0.296 e. The van der Waals surface area contributed by atoms with E-state index in [2.05, 4.69) is 4.72 Å². The first-order valence-corrected chi connectivity index (χ1v) is 6.53. The molecule has 0 radical (unpaired) electrons. The van der Waals surface area contributed by atoms with Crippen LogP contribution in [0.15, 0.2) is 18.2 Å². The first kappa shape index (κ1) is 13.5. The quantitative estimate of drug-likeness (QED) is 0.835. The highest BCUT2D eigenvalue weighted by Crippen LogP contribution is 2.26. The van der Waals surface area contributed by atoms with Crippen LogP contribution in [0.2, 0.25) is 0 Å². The lowest BCUT2D eigenvalue weighted by molar-refractivity contribution is 0.590. The molecule has 0 aliphatic carbocycles. The predicted octanol–water partition coefficient (Wildman–Crippen LogP) is 1.47. The van der Waals surface area contributed by atoms with Crippen molar-refractivity contribution in [2.45, 2.75) is 26.2 Å². The molecular formula is C11H15N3O2S. The van der Waals surface area contributed by atoms with Crippen LogP contribution >= 0.6 is 0 Å². The van der Waals surface area contributed by atoms with Gasteiger partial charge in [0.15, 0.2) is 0 Å². The van der Waals surface area contributed by atoms with Crippen molar-refractivity contribution in [3.63, 3.8) is 0 Å². The van der Waals surface area contributed by atoms with Crippen LogP contribution in [0.3, 0.4) is 0 Å².